The molecule has 0 spiro atoms. The third-order valence-electron chi connectivity index (χ3n) is 3.77. The number of aromatic amines is 1. The van der Waals surface area contributed by atoms with Crippen LogP contribution in [0.15, 0.2) is 36.8 Å². The molecular weight excluding hydrogens is 312 g/mol. The highest BCUT2D eigenvalue weighted by Gasteiger charge is 2.30. The molecule has 0 radical (unpaired) electrons. The molecule has 0 unspecified atom stereocenters. The summed E-state index contributed by atoms with van der Waals surface area (Å²) in [6.45, 7) is 0. The molecule has 8 heteroatoms. The van der Waals surface area contributed by atoms with Crippen LogP contribution in [0, 0.1) is 0 Å². The van der Waals surface area contributed by atoms with Gasteiger partial charge in [0.1, 0.15) is 11.8 Å². The van der Waals surface area contributed by atoms with Gasteiger partial charge in [-0.25, -0.2) is 9.78 Å². The van der Waals surface area contributed by atoms with Crippen LogP contribution in [-0.4, -0.2) is 56.1 Å². The van der Waals surface area contributed by atoms with Crippen LogP contribution in [-0.2, 0) is 22.4 Å². The van der Waals surface area contributed by atoms with Gasteiger partial charge in [-0.15, -0.1) is 0 Å². The largest absolute Gasteiger partial charge is 0.508 e. The highest BCUT2D eigenvalue weighted by atomic mass is 16.4. The van der Waals surface area contributed by atoms with Crippen molar-refractivity contribution in [2.45, 2.75) is 24.9 Å². The van der Waals surface area contributed by atoms with Gasteiger partial charge in [-0.3, -0.25) is 4.79 Å². The third kappa shape index (κ3) is 4.32. The van der Waals surface area contributed by atoms with Gasteiger partial charge in [0.25, 0.3) is 0 Å². The second-order valence-corrected chi connectivity index (χ2v) is 5.54. The van der Waals surface area contributed by atoms with Gasteiger partial charge >= 0.3 is 5.97 Å². The Balaban J connectivity index is 2.04. The fourth-order valence-corrected chi connectivity index (χ4v) is 2.38. The number of aliphatic carboxylic acids is 1. The van der Waals surface area contributed by atoms with Crippen LogP contribution in [0.25, 0.3) is 0 Å². The van der Waals surface area contributed by atoms with Crippen molar-refractivity contribution in [2.24, 2.45) is 5.73 Å². The molecule has 128 valence electrons. The molecule has 0 bridgehead atoms. The minimum Gasteiger partial charge on any atom is -0.508 e. The van der Waals surface area contributed by atoms with E-state index >= 15 is 0 Å². The van der Waals surface area contributed by atoms with Crippen LogP contribution in [0.2, 0.25) is 0 Å². The van der Waals surface area contributed by atoms with E-state index in [1.165, 1.54) is 25.5 Å². The van der Waals surface area contributed by atoms with Crippen LogP contribution >= 0.6 is 0 Å². The smallest absolute Gasteiger partial charge is 0.326 e. The van der Waals surface area contributed by atoms with Gasteiger partial charge < -0.3 is 25.8 Å². The number of hydrogen-bond acceptors (Lipinski definition) is 5. The van der Waals surface area contributed by atoms with Gasteiger partial charge in [-0.1, -0.05) is 12.1 Å². The lowest BCUT2D eigenvalue weighted by molar-refractivity contribution is -0.149. The Labute approximate surface area is 138 Å². The maximum atomic E-state index is 12.4. The number of rotatable bonds is 7. The molecule has 1 heterocycles. The number of H-pyrrole nitrogens is 1. The molecule has 1 aromatic heterocycles. The van der Waals surface area contributed by atoms with Crippen molar-refractivity contribution in [3.8, 4) is 5.75 Å². The molecule has 24 heavy (non-hydrogen) atoms. The summed E-state index contributed by atoms with van der Waals surface area (Å²) in [5, 5.41) is 18.7. The molecule has 2 atom stereocenters. The minimum atomic E-state index is -1.12. The molecule has 0 fully saturated rings. The molecule has 0 aliphatic carbocycles. The number of carbonyl (C=O) groups is 2. The van der Waals surface area contributed by atoms with E-state index in [0.717, 1.165) is 10.5 Å². The van der Waals surface area contributed by atoms with Gasteiger partial charge in [-0.2, -0.15) is 0 Å². The molecule has 0 saturated heterocycles. The van der Waals surface area contributed by atoms with E-state index in [-0.39, 0.29) is 18.6 Å². The number of phenols is 1. The Hall–Kier alpha value is -2.87. The zero-order chi connectivity index (χ0) is 17.7. The second kappa shape index (κ2) is 7.60. The van der Waals surface area contributed by atoms with Crippen LogP contribution in [0.1, 0.15) is 11.3 Å². The van der Waals surface area contributed by atoms with E-state index < -0.39 is 24.0 Å². The molecular formula is C16H20N4O4. The molecule has 2 aromatic rings. The van der Waals surface area contributed by atoms with Crippen LogP contribution < -0.4 is 5.73 Å². The van der Waals surface area contributed by atoms with Crippen molar-refractivity contribution in [1.82, 2.24) is 14.9 Å². The first kappa shape index (κ1) is 17.5. The van der Waals surface area contributed by atoms with E-state index in [2.05, 4.69) is 9.97 Å². The number of benzene rings is 1. The van der Waals surface area contributed by atoms with Crippen LogP contribution in [0.4, 0.5) is 0 Å². The summed E-state index contributed by atoms with van der Waals surface area (Å²) >= 11 is 0. The zero-order valence-corrected chi connectivity index (χ0v) is 13.2. The first-order valence-electron chi connectivity index (χ1n) is 7.39. The minimum absolute atomic E-state index is 0.0903. The zero-order valence-electron chi connectivity index (χ0n) is 13.2. The van der Waals surface area contributed by atoms with E-state index in [0.29, 0.717) is 5.69 Å². The molecule has 2 rings (SSSR count). The van der Waals surface area contributed by atoms with Crippen molar-refractivity contribution in [1.29, 1.82) is 0 Å². The summed E-state index contributed by atoms with van der Waals surface area (Å²) in [5.41, 5.74) is 7.26. The standard InChI is InChI=1S/C16H20N4O4/c1-20(14(16(23)24)7-11-8-18-9-19-11)15(22)13(17)6-10-2-4-12(21)5-3-10/h2-5,8-9,13-14,21H,6-7,17H2,1H3,(H,18,19)(H,23,24)/t13-,14-/m1/s1. The Bertz CT molecular complexity index is 685. The van der Waals surface area contributed by atoms with Gasteiger partial charge in [0, 0.05) is 19.7 Å². The van der Waals surface area contributed by atoms with E-state index in [1.807, 2.05) is 0 Å². The molecule has 0 aliphatic rings. The summed E-state index contributed by atoms with van der Waals surface area (Å²) in [4.78, 5) is 31.8. The average Bonchev–Trinajstić information content (AvgIpc) is 3.06. The summed E-state index contributed by atoms with van der Waals surface area (Å²) < 4.78 is 0. The Kier molecular flexibility index (Phi) is 5.54. The van der Waals surface area contributed by atoms with Gasteiger partial charge in [0.05, 0.1) is 18.1 Å². The Morgan fingerprint density at radius 2 is 1.96 bits per heavy atom. The van der Waals surface area contributed by atoms with E-state index in [9.17, 15) is 19.8 Å². The monoisotopic (exact) mass is 332 g/mol. The number of nitrogens with one attached hydrogen (secondary N) is 1. The lowest BCUT2D eigenvalue weighted by Gasteiger charge is -2.27. The topological polar surface area (TPSA) is 133 Å². The number of likely N-dealkylation sites (N-methyl/N-ethyl adjacent to an activating group) is 1. The number of carboxylic acid groups (broad SMARTS) is 1. The predicted octanol–water partition coefficient (Wildman–Crippen LogP) is 0.139. The van der Waals surface area contributed by atoms with Crippen molar-refractivity contribution in [3.63, 3.8) is 0 Å². The molecule has 0 aliphatic heterocycles. The van der Waals surface area contributed by atoms with Crippen molar-refractivity contribution in [2.75, 3.05) is 7.05 Å². The SMILES string of the molecule is CN(C(=O)[C@H](N)Cc1ccc(O)cc1)[C@H](Cc1c[nH]cn1)C(=O)O. The number of phenolic OH excluding ortho intramolecular Hbond substituents is 1. The molecule has 1 aromatic carbocycles. The van der Waals surface area contributed by atoms with Crippen LogP contribution in [0.5, 0.6) is 5.75 Å². The maximum Gasteiger partial charge on any atom is 0.326 e. The number of nitrogens with two attached hydrogens (primary N) is 1. The second-order valence-electron chi connectivity index (χ2n) is 5.54. The van der Waals surface area contributed by atoms with Crippen molar-refractivity contribution < 1.29 is 19.8 Å². The first-order chi connectivity index (χ1) is 11.4. The van der Waals surface area contributed by atoms with Crippen molar-refractivity contribution in [3.05, 3.63) is 48.0 Å². The van der Waals surface area contributed by atoms with Crippen molar-refractivity contribution >= 4 is 11.9 Å². The Morgan fingerprint density at radius 1 is 1.29 bits per heavy atom. The van der Waals surface area contributed by atoms with Crippen LogP contribution in [0.3, 0.4) is 0 Å². The van der Waals surface area contributed by atoms with E-state index in [1.54, 1.807) is 18.3 Å². The average molecular weight is 332 g/mol. The quantitative estimate of drug-likeness (QED) is 0.570. The number of carboxylic acids is 1. The summed E-state index contributed by atoms with van der Waals surface area (Å²) in [6, 6.07) is 4.43. The Morgan fingerprint density at radius 3 is 2.50 bits per heavy atom. The first-order valence-corrected chi connectivity index (χ1v) is 7.39. The molecule has 1 amide bonds. The van der Waals surface area contributed by atoms with E-state index in [4.69, 9.17) is 5.73 Å². The fraction of sp³-hybridized carbons (Fsp3) is 0.312. The number of imidazole rings is 1. The van der Waals surface area contributed by atoms with Gasteiger partial charge in [0.2, 0.25) is 5.91 Å². The molecule has 0 saturated carbocycles. The molecule has 5 N–H and O–H groups in total. The lowest BCUT2D eigenvalue weighted by atomic mass is 10.0. The number of nitrogens with zero attached hydrogens (tertiary/aromatic N) is 2. The lowest BCUT2D eigenvalue weighted by Crippen LogP contribution is -2.51. The summed E-state index contributed by atoms with van der Waals surface area (Å²) in [6.07, 6.45) is 3.38. The van der Waals surface area contributed by atoms with Gasteiger partial charge in [0.15, 0.2) is 0 Å². The number of aromatic hydroxyl groups is 1. The molecule has 8 nitrogen and oxygen atoms in total. The number of aromatic nitrogens is 2. The summed E-state index contributed by atoms with van der Waals surface area (Å²) in [7, 11) is 1.42. The summed E-state index contributed by atoms with van der Waals surface area (Å²) in [5.74, 6) is -1.46. The third-order valence-corrected chi connectivity index (χ3v) is 3.77. The fourth-order valence-electron chi connectivity index (χ4n) is 2.38. The number of amides is 1. The highest BCUT2D eigenvalue weighted by molar-refractivity contribution is 5.87. The number of carbonyl (C=O) groups excluding carboxylic acids is 1. The maximum absolute atomic E-state index is 12.4. The normalized spacial score (nSPS) is 13.2. The number of hydrogen-bond donors (Lipinski definition) is 4. The predicted molar refractivity (Wildman–Crippen MR) is 86.3 cm³/mol. The highest BCUT2D eigenvalue weighted by Crippen LogP contribution is 2.13. The van der Waals surface area contributed by atoms with Gasteiger partial charge in [-0.05, 0) is 24.1 Å².